The van der Waals surface area contributed by atoms with Gasteiger partial charge in [0.05, 0.1) is 6.04 Å². The van der Waals surface area contributed by atoms with Crippen LogP contribution in [0.5, 0.6) is 0 Å². The quantitative estimate of drug-likeness (QED) is 0.744. The lowest BCUT2D eigenvalue weighted by atomic mass is 10.0. The van der Waals surface area contributed by atoms with Gasteiger partial charge in [-0.2, -0.15) is 0 Å². The molecule has 5 heteroatoms. The van der Waals surface area contributed by atoms with Gasteiger partial charge in [-0.25, -0.2) is 13.2 Å². The van der Waals surface area contributed by atoms with E-state index in [0.717, 1.165) is 21.0 Å². The van der Waals surface area contributed by atoms with Crippen LogP contribution < -0.4 is 5.32 Å². The SMILES string of the molecule is CNC(c1cc2cc(F)ccc2s1)c1cccc(F)c1F. The maximum atomic E-state index is 14.0. The number of thiophene rings is 1. The number of hydrogen-bond acceptors (Lipinski definition) is 2. The zero-order valence-corrected chi connectivity index (χ0v) is 12.0. The van der Waals surface area contributed by atoms with Crippen molar-refractivity contribution in [3.05, 3.63) is 70.4 Å². The van der Waals surface area contributed by atoms with Crippen LogP contribution in [-0.4, -0.2) is 7.05 Å². The van der Waals surface area contributed by atoms with E-state index in [1.165, 1.54) is 29.5 Å². The fraction of sp³-hybridized carbons (Fsp3) is 0.125. The summed E-state index contributed by atoms with van der Waals surface area (Å²) in [7, 11) is 1.68. The predicted octanol–water partition coefficient (Wildman–Crippen LogP) is 4.63. The summed E-state index contributed by atoms with van der Waals surface area (Å²) < 4.78 is 41.5. The zero-order valence-electron chi connectivity index (χ0n) is 11.2. The second kappa shape index (κ2) is 5.50. The van der Waals surface area contributed by atoms with Crippen LogP contribution in [0.15, 0.2) is 42.5 Å². The summed E-state index contributed by atoms with van der Waals surface area (Å²) >= 11 is 1.43. The summed E-state index contributed by atoms with van der Waals surface area (Å²) in [5.41, 5.74) is 0.240. The fourth-order valence-electron chi connectivity index (χ4n) is 2.37. The van der Waals surface area contributed by atoms with Crippen molar-refractivity contribution >= 4 is 21.4 Å². The van der Waals surface area contributed by atoms with Gasteiger partial charge in [-0.15, -0.1) is 11.3 Å². The summed E-state index contributed by atoms with van der Waals surface area (Å²) in [6.45, 7) is 0. The Hall–Kier alpha value is -1.85. The molecule has 1 N–H and O–H groups in total. The fourth-order valence-corrected chi connectivity index (χ4v) is 3.55. The van der Waals surface area contributed by atoms with Crippen molar-refractivity contribution < 1.29 is 13.2 Å². The second-order valence-corrected chi connectivity index (χ2v) is 5.81. The molecule has 0 fully saturated rings. The van der Waals surface area contributed by atoms with E-state index in [4.69, 9.17) is 0 Å². The Morgan fingerprint density at radius 2 is 1.86 bits per heavy atom. The van der Waals surface area contributed by atoms with E-state index in [-0.39, 0.29) is 11.4 Å². The molecule has 0 amide bonds. The number of nitrogens with one attached hydrogen (secondary N) is 1. The number of rotatable bonds is 3. The maximum Gasteiger partial charge on any atom is 0.163 e. The molecule has 0 radical (unpaired) electrons. The van der Waals surface area contributed by atoms with Gasteiger partial charge in [-0.05, 0) is 42.8 Å². The molecule has 1 aromatic heterocycles. The van der Waals surface area contributed by atoms with Crippen LogP contribution in [0.2, 0.25) is 0 Å². The Morgan fingerprint density at radius 3 is 2.62 bits per heavy atom. The van der Waals surface area contributed by atoms with E-state index >= 15 is 0 Å². The molecule has 0 spiro atoms. The van der Waals surface area contributed by atoms with Crippen LogP contribution in [0, 0.1) is 17.5 Å². The molecule has 0 aliphatic heterocycles. The third-order valence-electron chi connectivity index (χ3n) is 3.36. The largest absolute Gasteiger partial charge is 0.309 e. The number of hydrogen-bond donors (Lipinski definition) is 1. The molecule has 1 nitrogen and oxygen atoms in total. The molecular formula is C16H12F3NS. The summed E-state index contributed by atoms with van der Waals surface area (Å²) in [4.78, 5) is 0.808. The average molecular weight is 307 g/mol. The first-order valence-electron chi connectivity index (χ1n) is 6.40. The highest BCUT2D eigenvalue weighted by molar-refractivity contribution is 7.19. The highest BCUT2D eigenvalue weighted by Crippen LogP contribution is 2.34. The lowest BCUT2D eigenvalue weighted by Crippen LogP contribution is -2.18. The molecule has 3 aromatic rings. The Balaban J connectivity index is 2.11. The summed E-state index contributed by atoms with van der Waals surface area (Å²) in [5.74, 6) is -2.05. The lowest BCUT2D eigenvalue weighted by molar-refractivity contribution is 0.488. The Kier molecular flexibility index (Phi) is 3.69. The van der Waals surface area contributed by atoms with E-state index in [2.05, 4.69) is 5.32 Å². The molecule has 1 atom stereocenters. The molecule has 0 aliphatic rings. The summed E-state index contributed by atoms with van der Waals surface area (Å²) in [6.07, 6.45) is 0. The zero-order chi connectivity index (χ0) is 15.0. The van der Waals surface area contributed by atoms with Crippen LogP contribution >= 0.6 is 11.3 Å². The van der Waals surface area contributed by atoms with E-state index in [0.29, 0.717) is 0 Å². The van der Waals surface area contributed by atoms with Crippen molar-refractivity contribution in [3.8, 4) is 0 Å². The highest BCUT2D eigenvalue weighted by Gasteiger charge is 2.20. The van der Waals surface area contributed by atoms with E-state index in [1.54, 1.807) is 25.2 Å². The van der Waals surface area contributed by atoms with Gasteiger partial charge in [0, 0.05) is 15.1 Å². The standard InChI is InChI=1S/C16H12F3NS/c1-20-16(11-3-2-4-12(18)15(11)19)14-8-9-7-10(17)5-6-13(9)21-14/h2-8,16,20H,1H3. The van der Waals surface area contributed by atoms with Gasteiger partial charge in [0.2, 0.25) is 0 Å². The van der Waals surface area contributed by atoms with Crippen LogP contribution in [0.25, 0.3) is 10.1 Å². The molecule has 0 saturated carbocycles. The minimum absolute atomic E-state index is 0.240. The average Bonchev–Trinajstić information content (AvgIpc) is 2.87. The molecule has 0 aliphatic carbocycles. The van der Waals surface area contributed by atoms with Gasteiger partial charge in [-0.1, -0.05) is 12.1 Å². The first kappa shape index (κ1) is 14.1. The smallest absolute Gasteiger partial charge is 0.163 e. The second-order valence-electron chi connectivity index (χ2n) is 4.70. The Bertz CT molecular complexity index is 797. The van der Waals surface area contributed by atoms with Crippen LogP contribution in [-0.2, 0) is 0 Å². The first-order chi connectivity index (χ1) is 10.1. The van der Waals surface area contributed by atoms with Crippen LogP contribution in [0.4, 0.5) is 13.2 Å². The van der Waals surface area contributed by atoms with Gasteiger partial charge in [0.1, 0.15) is 5.82 Å². The van der Waals surface area contributed by atoms with Gasteiger partial charge in [0.15, 0.2) is 11.6 Å². The molecule has 1 unspecified atom stereocenters. The Labute approximate surface area is 124 Å². The number of fused-ring (bicyclic) bond motifs is 1. The van der Waals surface area contributed by atoms with Crippen LogP contribution in [0.1, 0.15) is 16.5 Å². The Morgan fingerprint density at radius 1 is 1.05 bits per heavy atom. The number of halogens is 3. The molecule has 0 bridgehead atoms. The van der Waals surface area contributed by atoms with Crippen molar-refractivity contribution in [3.63, 3.8) is 0 Å². The number of benzene rings is 2. The lowest BCUT2D eigenvalue weighted by Gasteiger charge is -2.15. The first-order valence-corrected chi connectivity index (χ1v) is 7.22. The summed E-state index contributed by atoms with van der Waals surface area (Å²) in [6, 6.07) is 9.95. The maximum absolute atomic E-state index is 14.0. The third kappa shape index (κ3) is 2.54. The van der Waals surface area contributed by atoms with Crippen molar-refractivity contribution in [2.45, 2.75) is 6.04 Å². The van der Waals surface area contributed by atoms with Gasteiger partial charge in [0.25, 0.3) is 0 Å². The monoisotopic (exact) mass is 307 g/mol. The minimum atomic E-state index is -0.875. The molecule has 108 valence electrons. The van der Waals surface area contributed by atoms with Crippen molar-refractivity contribution in [1.82, 2.24) is 5.32 Å². The topological polar surface area (TPSA) is 12.0 Å². The molecule has 0 saturated heterocycles. The molecule has 21 heavy (non-hydrogen) atoms. The molecule has 1 heterocycles. The van der Waals surface area contributed by atoms with E-state index in [1.807, 2.05) is 0 Å². The van der Waals surface area contributed by atoms with Gasteiger partial charge < -0.3 is 5.32 Å². The normalized spacial score (nSPS) is 12.8. The van der Waals surface area contributed by atoms with E-state index in [9.17, 15) is 13.2 Å². The molecular weight excluding hydrogens is 295 g/mol. The third-order valence-corrected chi connectivity index (χ3v) is 4.54. The minimum Gasteiger partial charge on any atom is -0.309 e. The summed E-state index contributed by atoms with van der Waals surface area (Å²) in [5, 5.41) is 3.74. The van der Waals surface area contributed by atoms with E-state index < -0.39 is 17.7 Å². The van der Waals surface area contributed by atoms with Gasteiger partial charge >= 0.3 is 0 Å². The van der Waals surface area contributed by atoms with Crippen molar-refractivity contribution in [1.29, 1.82) is 0 Å². The predicted molar refractivity (Wildman–Crippen MR) is 79.0 cm³/mol. The highest BCUT2D eigenvalue weighted by atomic mass is 32.1. The van der Waals surface area contributed by atoms with Crippen LogP contribution in [0.3, 0.4) is 0 Å². The van der Waals surface area contributed by atoms with Crippen molar-refractivity contribution in [2.75, 3.05) is 7.05 Å². The van der Waals surface area contributed by atoms with Crippen molar-refractivity contribution in [2.24, 2.45) is 0 Å². The molecule has 3 rings (SSSR count). The molecule has 2 aromatic carbocycles. The van der Waals surface area contributed by atoms with Gasteiger partial charge in [-0.3, -0.25) is 0 Å².